The molecule has 14 heavy (non-hydrogen) atoms. The van der Waals surface area contributed by atoms with Crippen LogP contribution in [0.5, 0.6) is 0 Å². The molecular formula is C11H23BO2. The molecular weight excluding hydrogens is 175 g/mol. The van der Waals surface area contributed by atoms with Crippen molar-refractivity contribution >= 4 is 8.05 Å². The van der Waals surface area contributed by atoms with E-state index >= 15 is 0 Å². The normalized spacial score (nSPS) is 13.2. The van der Waals surface area contributed by atoms with Crippen molar-refractivity contribution in [3.05, 3.63) is 0 Å². The highest BCUT2D eigenvalue weighted by Crippen LogP contribution is 2.28. The van der Waals surface area contributed by atoms with Crippen LogP contribution in [0.2, 0.25) is 0 Å². The molecule has 0 aromatic rings. The van der Waals surface area contributed by atoms with Gasteiger partial charge in [0.1, 0.15) is 0 Å². The first kappa shape index (κ1) is 14.0. The average Bonchev–Trinajstić information content (AvgIpc) is 2.12. The quantitative estimate of drug-likeness (QED) is 0.462. The Bertz CT molecular complexity index is 155. The fourth-order valence-corrected chi connectivity index (χ4v) is 0.995. The second-order valence-electron chi connectivity index (χ2n) is 4.69. The highest BCUT2D eigenvalue weighted by Gasteiger charge is 2.37. The molecule has 0 aromatic heterocycles. The Morgan fingerprint density at radius 1 is 1.00 bits per heavy atom. The molecule has 0 aliphatic heterocycles. The van der Waals surface area contributed by atoms with Crippen molar-refractivity contribution in [3.63, 3.8) is 0 Å². The maximum Gasteiger partial charge on any atom is 0.283 e. The molecule has 0 aromatic carbocycles. The van der Waals surface area contributed by atoms with Gasteiger partial charge in [-0.2, -0.15) is 0 Å². The van der Waals surface area contributed by atoms with E-state index < -0.39 is 5.60 Å². The number of ether oxygens (including phenoxy) is 1. The van der Waals surface area contributed by atoms with Crippen LogP contribution in [0.15, 0.2) is 0 Å². The van der Waals surface area contributed by atoms with Gasteiger partial charge in [0.15, 0.2) is 0 Å². The molecule has 0 N–H and O–H groups in total. The van der Waals surface area contributed by atoms with Gasteiger partial charge < -0.3 is 9.39 Å². The summed E-state index contributed by atoms with van der Waals surface area (Å²) in [5, 5.41) is 0. The number of hydrogen-bond donors (Lipinski definition) is 0. The summed E-state index contributed by atoms with van der Waals surface area (Å²) < 4.78 is 10.7. The number of hydrogen-bond acceptors (Lipinski definition) is 2. The van der Waals surface area contributed by atoms with Crippen molar-refractivity contribution in [1.82, 2.24) is 0 Å². The third kappa shape index (κ3) is 4.01. The predicted molar refractivity (Wildman–Crippen MR) is 60.5 cm³/mol. The van der Waals surface area contributed by atoms with Crippen LogP contribution in [-0.2, 0) is 9.39 Å². The van der Waals surface area contributed by atoms with E-state index in [4.69, 9.17) is 17.4 Å². The standard InChI is InChI=1S/C11H23BO2/c1-6-7-8-9-13-10(2,3)11(4,5)14-12/h6-9H2,1-5H3. The van der Waals surface area contributed by atoms with Crippen molar-refractivity contribution in [2.45, 2.75) is 65.1 Å². The van der Waals surface area contributed by atoms with Crippen LogP contribution >= 0.6 is 0 Å². The Kier molecular flexibility index (Phi) is 5.76. The van der Waals surface area contributed by atoms with Gasteiger partial charge in [0.2, 0.25) is 0 Å². The average molecular weight is 198 g/mol. The van der Waals surface area contributed by atoms with Crippen LogP contribution < -0.4 is 0 Å². The molecule has 0 saturated carbocycles. The van der Waals surface area contributed by atoms with Gasteiger partial charge in [-0.1, -0.05) is 19.8 Å². The molecule has 0 unspecified atom stereocenters. The third-order valence-electron chi connectivity index (χ3n) is 2.96. The molecule has 2 nitrogen and oxygen atoms in total. The van der Waals surface area contributed by atoms with Gasteiger partial charge in [0.25, 0.3) is 8.05 Å². The van der Waals surface area contributed by atoms with Gasteiger partial charge in [0.05, 0.1) is 11.2 Å². The van der Waals surface area contributed by atoms with Crippen molar-refractivity contribution in [3.8, 4) is 0 Å². The Balaban J connectivity index is 3.94. The van der Waals surface area contributed by atoms with Crippen LogP contribution in [0.1, 0.15) is 53.9 Å². The van der Waals surface area contributed by atoms with Gasteiger partial charge in [-0.05, 0) is 34.1 Å². The summed E-state index contributed by atoms with van der Waals surface area (Å²) >= 11 is 0. The molecule has 3 heteroatoms. The third-order valence-corrected chi connectivity index (χ3v) is 2.96. The largest absolute Gasteiger partial charge is 0.440 e. The Labute approximate surface area is 89.8 Å². The number of unbranched alkanes of at least 4 members (excludes halogenated alkanes) is 2. The summed E-state index contributed by atoms with van der Waals surface area (Å²) in [6.45, 7) is 10.8. The maximum absolute atomic E-state index is 5.78. The zero-order valence-corrected chi connectivity index (χ0v) is 10.2. The first-order chi connectivity index (χ1) is 6.37. The lowest BCUT2D eigenvalue weighted by molar-refractivity contribution is -0.133. The Morgan fingerprint density at radius 2 is 1.57 bits per heavy atom. The molecule has 0 fully saturated rings. The van der Waals surface area contributed by atoms with E-state index in [-0.39, 0.29) is 5.60 Å². The molecule has 0 heterocycles. The molecule has 0 aliphatic carbocycles. The molecule has 0 saturated heterocycles. The highest BCUT2D eigenvalue weighted by molar-refractivity contribution is 5.98. The second-order valence-corrected chi connectivity index (χ2v) is 4.69. The van der Waals surface area contributed by atoms with Gasteiger partial charge in [0, 0.05) is 6.61 Å². The molecule has 0 amide bonds. The van der Waals surface area contributed by atoms with Crippen LogP contribution in [-0.4, -0.2) is 25.9 Å². The van der Waals surface area contributed by atoms with Gasteiger partial charge in [-0.3, -0.25) is 0 Å². The lowest BCUT2D eigenvalue weighted by Crippen LogP contribution is -2.49. The van der Waals surface area contributed by atoms with Crippen molar-refractivity contribution in [1.29, 1.82) is 0 Å². The minimum atomic E-state index is -0.459. The van der Waals surface area contributed by atoms with E-state index in [2.05, 4.69) is 6.92 Å². The molecule has 0 atom stereocenters. The smallest absolute Gasteiger partial charge is 0.283 e. The van der Waals surface area contributed by atoms with Crippen LogP contribution in [0.25, 0.3) is 0 Å². The topological polar surface area (TPSA) is 18.5 Å². The van der Waals surface area contributed by atoms with Crippen molar-refractivity contribution in [2.24, 2.45) is 0 Å². The number of rotatable bonds is 7. The van der Waals surface area contributed by atoms with E-state index in [1.54, 1.807) is 0 Å². The van der Waals surface area contributed by atoms with Crippen LogP contribution in [0.4, 0.5) is 0 Å². The molecule has 0 spiro atoms. The molecule has 0 rings (SSSR count). The maximum atomic E-state index is 5.78. The fraction of sp³-hybridized carbons (Fsp3) is 1.00. The lowest BCUT2D eigenvalue weighted by atomic mass is 9.88. The first-order valence-electron chi connectivity index (χ1n) is 5.39. The van der Waals surface area contributed by atoms with Gasteiger partial charge in [-0.25, -0.2) is 0 Å². The SMILES string of the molecule is [B]OC(C)(C)C(C)(C)OCCCCC. The zero-order chi connectivity index (χ0) is 11.2. The fourth-order valence-electron chi connectivity index (χ4n) is 0.995. The van der Waals surface area contributed by atoms with Crippen LogP contribution in [0.3, 0.4) is 0 Å². The van der Waals surface area contributed by atoms with Crippen molar-refractivity contribution in [2.75, 3.05) is 6.61 Å². The van der Waals surface area contributed by atoms with Gasteiger partial charge >= 0.3 is 0 Å². The molecule has 82 valence electrons. The molecule has 0 bridgehead atoms. The summed E-state index contributed by atoms with van der Waals surface area (Å²) in [5.41, 5.74) is -0.811. The lowest BCUT2D eigenvalue weighted by Gasteiger charge is -2.41. The van der Waals surface area contributed by atoms with E-state index in [0.29, 0.717) is 0 Å². The van der Waals surface area contributed by atoms with Crippen LogP contribution in [0, 0.1) is 0 Å². The van der Waals surface area contributed by atoms with Crippen molar-refractivity contribution < 1.29 is 9.39 Å². The predicted octanol–water partition coefficient (Wildman–Crippen LogP) is 2.85. The van der Waals surface area contributed by atoms with E-state index in [1.165, 1.54) is 12.8 Å². The molecule has 0 aliphatic rings. The summed E-state index contributed by atoms with van der Waals surface area (Å²) in [7, 11) is 5.24. The summed E-state index contributed by atoms with van der Waals surface area (Å²) in [6, 6.07) is 0. The zero-order valence-electron chi connectivity index (χ0n) is 10.2. The Morgan fingerprint density at radius 3 is 2.00 bits per heavy atom. The minimum absolute atomic E-state index is 0.352. The monoisotopic (exact) mass is 198 g/mol. The minimum Gasteiger partial charge on any atom is -0.440 e. The van der Waals surface area contributed by atoms with Gasteiger partial charge in [-0.15, -0.1) is 0 Å². The second kappa shape index (κ2) is 5.77. The van der Waals surface area contributed by atoms with E-state index in [0.717, 1.165) is 13.0 Å². The molecule has 2 radical (unpaired) electrons. The Hall–Kier alpha value is -0.0151. The van der Waals surface area contributed by atoms with E-state index in [1.807, 2.05) is 27.7 Å². The summed E-state index contributed by atoms with van der Waals surface area (Å²) in [5.74, 6) is 0. The summed E-state index contributed by atoms with van der Waals surface area (Å²) in [4.78, 5) is 0. The highest BCUT2D eigenvalue weighted by atomic mass is 16.5. The summed E-state index contributed by atoms with van der Waals surface area (Å²) in [6.07, 6.45) is 3.52. The first-order valence-corrected chi connectivity index (χ1v) is 5.39. The van der Waals surface area contributed by atoms with E-state index in [9.17, 15) is 0 Å².